The molecule has 0 aliphatic heterocycles. The lowest BCUT2D eigenvalue weighted by Gasteiger charge is -2.10. The van der Waals surface area contributed by atoms with Crippen molar-refractivity contribution in [3.05, 3.63) is 82.9 Å². The van der Waals surface area contributed by atoms with Crippen molar-refractivity contribution in [2.45, 2.75) is 0 Å². The van der Waals surface area contributed by atoms with Gasteiger partial charge in [0.2, 0.25) is 5.89 Å². The van der Waals surface area contributed by atoms with E-state index in [2.05, 4.69) is 15.6 Å². The van der Waals surface area contributed by atoms with Crippen LogP contribution in [-0.4, -0.2) is 15.9 Å². The summed E-state index contributed by atoms with van der Waals surface area (Å²) in [6, 6.07) is 19.9. The lowest BCUT2D eigenvalue weighted by molar-refractivity contribution is -0.384. The fourth-order valence-electron chi connectivity index (χ4n) is 2.73. The Morgan fingerprint density at radius 1 is 0.964 bits per heavy atom. The Morgan fingerprint density at radius 3 is 2.50 bits per heavy atom. The number of hydrogen-bond donors (Lipinski definition) is 2. The second-order valence-corrected chi connectivity index (χ2v) is 5.92. The second kappa shape index (κ2) is 7.20. The van der Waals surface area contributed by atoms with E-state index in [4.69, 9.17) is 4.42 Å². The summed E-state index contributed by atoms with van der Waals surface area (Å²) in [7, 11) is 0. The van der Waals surface area contributed by atoms with Gasteiger partial charge in [-0.2, -0.15) is 0 Å². The Labute approximate surface area is 159 Å². The fourth-order valence-corrected chi connectivity index (χ4v) is 2.73. The number of benzene rings is 3. The molecule has 8 heteroatoms. The van der Waals surface area contributed by atoms with E-state index in [1.54, 1.807) is 36.4 Å². The number of non-ortho nitro benzene ring substituents is 1. The number of rotatable bonds is 4. The monoisotopic (exact) mass is 374 g/mol. The van der Waals surface area contributed by atoms with Gasteiger partial charge >= 0.3 is 6.03 Å². The standard InChI is InChI=1S/C20H14N4O4/c25-20(21-13-6-2-1-3-7-13)23-16-9-5-4-8-15(16)19-22-17-12-14(24(26)27)10-11-18(17)28-19/h1-12H,(H2,21,23,25). The van der Waals surface area contributed by atoms with Gasteiger partial charge in [0, 0.05) is 17.8 Å². The quantitative estimate of drug-likeness (QED) is 0.384. The Hall–Kier alpha value is -4.20. The molecule has 0 saturated carbocycles. The summed E-state index contributed by atoms with van der Waals surface area (Å²) >= 11 is 0. The molecule has 0 aliphatic carbocycles. The van der Waals surface area contributed by atoms with Crippen molar-refractivity contribution in [1.82, 2.24) is 4.98 Å². The van der Waals surface area contributed by atoms with Crippen LogP contribution in [-0.2, 0) is 0 Å². The minimum Gasteiger partial charge on any atom is -0.436 e. The van der Waals surface area contributed by atoms with Crippen molar-refractivity contribution < 1.29 is 14.1 Å². The summed E-state index contributed by atoms with van der Waals surface area (Å²) in [5, 5.41) is 16.5. The molecule has 3 aromatic carbocycles. The van der Waals surface area contributed by atoms with Crippen LogP contribution in [0, 0.1) is 10.1 Å². The normalized spacial score (nSPS) is 10.6. The Bertz CT molecular complexity index is 1170. The predicted molar refractivity (Wildman–Crippen MR) is 105 cm³/mol. The van der Waals surface area contributed by atoms with E-state index < -0.39 is 11.0 Å². The molecular weight excluding hydrogens is 360 g/mol. The zero-order valence-corrected chi connectivity index (χ0v) is 14.5. The molecule has 4 rings (SSSR count). The highest BCUT2D eigenvalue weighted by atomic mass is 16.6. The number of carbonyl (C=O) groups excluding carboxylic acids is 1. The first-order valence-electron chi connectivity index (χ1n) is 8.37. The van der Waals surface area contributed by atoms with Crippen molar-refractivity contribution >= 4 is 34.2 Å². The van der Waals surface area contributed by atoms with Crippen LogP contribution in [0.25, 0.3) is 22.6 Å². The molecular formula is C20H14N4O4. The maximum Gasteiger partial charge on any atom is 0.323 e. The SMILES string of the molecule is O=C(Nc1ccccc1)Nc1ccccc1-c1nc2cc([N+](=O)[O-])ccc2o1. The van der Waals surface area contributed by atoms with Crippen LogP contribution in [0.1, 0.15) is 0 Å². The summed E-state index contributed by atoms with van der Waals surface area (Å²) < 4.78 is 5.72. The van der Waals surface area contributed by atoms with Gasteiger partial charge in [-0.25, -0.2) is 9.78 Å². The van der Waals surface area contributed by atoms with Gasteiger partial charge in [0.25, 0.3) is 5.69 Å². The van der Waals surface area contributed by atoms with Gasteiger partial charge in [-0.15, -0.1) is 0 Å². The molecule has 4 aromatic rings. The van der Waals surface area contributed by atoms with Crippen molar-refractivity contribution in [1.29, 1.82) is 0 Å². The highest BCUT2D eigenvalue weighted by Crippen LogP contribution is 2.31. The van der Waals surface area contributed by atoms with Gasteiger partial charge in [-0.05, 0) is 30.3 Å². The maximum absolute atomic E-state index is 12.3. The largest absolute Gasteiger partial charge is 0.436 e. The van der Waals surface area contributed by atoms with E-state index in [9.17, 15) is 14.9 Å². The van der Waals surface area contributed by atoms with E-state index in [1.807, 2.05) is 18.2 Å². The molecule has 8 nitrogen and oxygen atoms in total. The van der Waals surface area contributed by atoms with Gasteiger partial charge in [-0.1, -0.05) is 30.3 Å². The molecule has 2 amide bonds. The lowest BCUT2D eigenvalue weighted by atomic mass is 10.2. The van der Waals surface area contributed by atoms with Crippen LogP contribution >= 0.6 is 0 Å². The third kappa shape index (κ3) is 3.51. The zero-order valence-electron chi connectivity index (χ0n) is 14.5. The molecule has 0 radical (unpaired) electrons. The smallest absolute Gasteiger partial charge is 0.323 e. The molecule has 0 unspecified atom stereocenters. The third-order valence-corrected chi connectivity index (χ3v) is 4.02. The fraction of sp³-hybridized carbons (Fsp3) is 0. The van der Waals surface area contributed by atoms with Crippen LogP contribution in [0.5, 0.6) is 0 Å². The minimum absolute atomic E-state index is 0.0685. The van der Waals surface area contributed by atoms with Crippen molar-refractivity contribution in [2.24, 2.45) is 0 Å². The molecule has 0 spiro atoms. The molecule has 1 aromatic heterocycles. The maximum atomic E-state index is 12.3. The van der Waals surface area contributed by atoms with Crippen LogP contribution in [0.4, 0.5) is 21.9 Å². The number of para-hydroxylation sites is 2. The number of amides is 2. The third-order valence-electron chi connectivity index (χ3n) is 4.02. The minimum atomic E-state index is -0.489. The van der Waals surface area contributed by atoms with Crippen molar-refractivity contribution in [3.8, 4) is 11.5 Å². The number of fused-ring (bicyclic) bond motifs is 1. The predicted octanol–water partition coefficient (Wildman–Crippen LogP) is 5.05. The number of aromatic nitrogens is 1. The summed E-state index contributed by atoms with van der Waals surface area (Å²) in [4.78, 5) is 27.1. The molecule has 0 aliphatic rings. The first-order chi connectivity index (χ1) is 13.6. The van der Waals surface area contributed by atoms with Crippen molar-refractivity contribution in [3.63, 3.8) is 0 Å². The summed E-state index contributed by atoms with van der Waals surface area (Å²) in [6.07, 6.45) is 0. The van der Waals surface area contributed by atoms with E-state index in [-0.39, 0.29) is 11.6 Å². The highest BCUT2D eigenvalue weighted by Gasteiger charge is 2.16. The molecule has 0 atom stereocenters. The molecule has 28 heavy (non-hydrogen) atoms. The average molecular weight is 374 g/mol. The van der Waals surface area contributed by atoms with E-state index in [1.165, 1.54) is 18.2 Å². The molecule has 138 valence electrons. The molecule has 0 saturated heterocycles. The Kier molecular flexibility index (Phi) is 4.43. The van der Waals surface area contributed by atoms with Crippen molar-refractivity contribution in [2.75, 3.05) is 10.6 Å². The van der Waals surface area contributed by atoms with Crippen LogP contribution < -0.4 is 10.6 Å². The summed E-state index contributed by atoms with van der Waals surface area (Å²) in [5.41, 5.74) is 2.44. The summed E-state index contributed by atoms with van der Waals surface area (Å²) in [6.45, 7) is 0. The van der Waals surface area contributed by atoms with Gasteiger partial charge in [0.05, 0.1) is 16.2 Å². The van der Waals surface area contributed by atoms with Crippen LogP contribution in [0.3, 0.4) is 0 Å². The number of nitro benzene ring substituents is 1. The average Bonchev–Trinajstić information content (AvgIpc) is 3.12. The van der Waals surface area contributed by atoms with E-state index in [0.29, 0.717) is 28.0 Å². The zero-order chi connectivity index (χ0) is 19.5. The molecule has 1 heterocycles. The Balaban J connectivity index is 1.63. The van der Waals surface area contributed by atoms with Gasteiger partial charge in [0.1, 0.15) is 5.52 Å². The number of anilines is 2. The molecule has 2 N–H and O–H groups in total. The lowest BCUT2D eigenvalue weighted by Crippen LogP contribution is -2.19. The molecule has 0 fully saturated rings. The van der Waals surface area contributed by atoms with E-state index >= 15 is 0 Å². The first kappa shape index (κ1) is 17.2. The number of nitro groups is 1. The second-order valence-electron chi connectivity index (χ2n) is 5.92. The molecule has 0 bridgehead atoms. The van der Waals surface area contributed by atoms with Crippen LogP contribution in [0.15, 0.2) is 77.2 Å². The first-order valence-corrected chi connectivity index (χ1v) is 8.37. The number of nitrogens with zero attached hydrogens (tertiary/aromatic N) is 2. The summed E-state index contributed by atoms with van der Waals surface area (Å²) in [5.74, 6) is 0.256. The van der Waals surface area contributed by atoms with Gasteiger partial charge in [-0.3, -0.25) is 10.1 Å². The number of oxazole rings is 1. The van der Waals surface area contributed by atoms with Gasteiger partial charge < -0.3 is 15.1 Å². The number of hydrogen-bond acceptors (Lipinski definition) is 5. The number of nitrogens with one attached hydrogen (secondary N) is 2. The highest BCUT2D eigenvalue weighted by molar-refractivity contribution is 6.02. The van der Waals surface area contributed by atoms with E-state index in [0.717, 1.165) is 0 Å². The van der Waals surface area contributed by atoms with Gasteiger partial charge in [0.15, 0.2) is 5.58 Å². The number of urea groups is 1. The Morgan fingerprint density at radius 2 is 1.71 bits per heavy atom. The van der Waals surface area contributed by atoms with Crippen LogP contribution in [0.2, 0.25) is 0 Å². The number of carbonyl (C=O) groups is 1. The topological polar surface area (TPSA) is 110 Å².